The van der Waals surface area contributed by atoms with Crippen LogP contribution in [-0.4, -0.2) is 99.4 Å². The molecule has 0 aliphatic heterocycles. The SMILES string of the molecule is CC(=O)N[C@@H](Cc1c[nH]c2ccccc12)C(=O)N[C@@H](CSSC(C)(C)C)C(=O)N(C)CC(=O)OCC(=O)N[C@@H](C)C(=O)O. The van der Waals surface area contributed by atoms with Gasteiger partial charge in [0.1, 0.15) is 24.7 Å². The Kier molecular flexibility index (Phi) is 13.4. The molecule has 1 aromatic heterocycles. The van der Waals surface area contributed by atoms with E-state index >= 15 is 0 Å². The first-order valence-corrected chi connectivity index (χ1v) is 15.7. The van der Waals surface area contributed by atoms with E-state index in [0.717, 1.165) is 21.4 Å². The number of likely N-dealkylation sites (N-methyl/N-ethyl adjacent to an activating group) is 1. The molecule has 15 heteroatoms. The Balaban J connectivity index is 2.12. The molecule has 0 aliphatic carbocycles. The quantitative estimate of drug-likeness (QED) is 0.141. The lowest BCUT2D eigenvalue weighted by atomic mass is 10.0. The predicted molar refractivity (Wildman–Crippen MR) is 165 cm³/mol. The average molecular weight is 638 g/mol. The second kappa shape index (κ2) is 16.2. The number of nitrogens with one attached hydrogen (secondary N) is 4. The molecule has 2 rings (SSSR count). The first kappa shape index (κ1) is 35.5. The van der Waals surface area contributed by atoms with Gasteiger partial charge >= 0.3 is 11.9 Å². The van der Waals surface area contributed by atoms with Crippen molar-refractivity contribution < 1.29 is 38.6 Å². The number of amides is 4. The van der Waals surface area contributed by atoms with Crippen LogP contribution in [0.4, 0.5) is 0 Å². The number of hydrogen-bond acceptors (Lipinski definition) is 9. The average Bonchev–Trinajstić information content (AvgIpc) is 3.32. The van der Waals surface area contributed by atoms with Crippen molar-refractivity contribution in [2.24, 2.45) is 0 Å². The van der Waals surface area contributed by atoms with Crippen molar-refractivity contribution in [2.75, 3.05) is 26.0 Å². The lowest BCUT2D eigenvalue weighted by molar-refractivity contribution is -0.152. The molecule has 236 valence electrons. The highest BCUT2D eigenvalue weighted by Crippen LogP contribution is 2.35. The number of ether oxygens (including phenoxy) is 1. The molecule has 4 amide bonds. The summed E-state index contributed by atoms with van der Waals surface area (Å²) in [6.07, 6.45) is 1.94. The van der Waals surface area contributed by atoms with Gasteiger partial charge in [-0.1, -0.05) is 60.6 Å². The van der Waals surface area contributed by atoms with E-state index in [1.165, 1.54) is 42.5 Å². The number of aliphatic carboxylic acids is 1. The number of carboxylic acids is 1. The molecule has 0 unspecified atom stereocenters. The molecule has 13 nitrogen and oxygen atoms in total. The summed E-state index contributed by atoms with van der Waals surface area (Å²) in [5.41, 5.74) is 1.69. The van der Waals surface area contributed by atoms with Crippen LogP contribution in [0.1, 0.15) is 40.2 Å². The molecular weight excluding hydrogens is 598 g/mol. The number of carbonyl (C=O) groups excluding carboxylic acids is 5. The van der Waals surface area contributed by atoms with E-state index in [-0.39, 0.29) is 16.9 Å². The number of carboxylic acid groups (broad SMARTS) is 1. The fourth-order valence-electron chi connectivity index (χ4n) is 3.78. The van der Waals surface area contributed by atoms with Crippen LogP contribution in [0.15, 0.2) is 30.5 Å². The van der Waals surface area contributed by atoms with Crippen molar-refractivity contribution in [1.29, 1.82) is 0 Å². The second-order valence-corrected chi connectivity index (χ2v) is 14.0. The highest BCUT2D eigenvalue weighted by molar-refractivity contribution is 8.77. The number of hydrogen-bond donors (Lipinski definition) is 5. The van der Waals surface area contributed by atoms with Crippen molar-refractivity contribution >= 4 is 68.1 Å². The van der Waals surface area contributed by atoms with Crippen LogP contribution < -0.4 is 16.0 Å². The van der Waals surface area contributed by atoms with Gasteiger partial charge in [-0.2, -0.15) is 0 Å². The van der Waals surface area contributed by atoms with Crippen LogP contribution in [0.3, 0.4) is 0 Å². The molecule has 0 saturated heterocycles. The minimum atomic E-state index is -1.25. The number of fused-ring (bicyclic) bond motifs is 1. The second-order valence-electron chi connectivity index (χ2n) is 10.8. The maximum absolute atomic E-state index is 13.5. The minimum absolute atomic E-state index is 0.134. The Hall–Kier alpha value is -3.72. The summed E-state index contributed by atoms with van der Waals surface area (Å²) in [6.45, 7) is 7.33. The van der Waals surface area contributed by atoms with Gasteiger partial charge in [0.25, 0.3) is 5.91 Å². The molecule has 0 aliphatic rings. The summed E-state index contributed by atoms with van der Waals surface area (Å²) in [4.78, 5) is 78.1. The summed E-state index contributed by atoms with van der Waals surface area (Å²) in [5.74, 6) is -4.35. The van der Waals surface area contributed by atoms with Gasteiger partial charge in [-0.3, -0.25) is 28.8 Å². The van der Waals surface area contributed by atoms with Crippen LogP contribution in [-0.2, 0) is 39.9 Å². The molecule has 2 aromatic rings. The van der Waals surface area contributed by atoms with Crippen molar-refractivity contribution in [2.45, 2.75) is 63.9 Å². The number of rotatable bonds is 15. The first-order chi connectivity index (χ1) is 20.1. The molecule has 1 heterocycles. The zero-order chi connectivity index (χ0) is 32.3. The van der Waals surface area contributed by atoms with E-state index in [0.29, 0.717) is 0 Å². The Morgan fingerprint density at radius 3 is 2.35 bits per heavy atom. The van der Waals surface area contributed by atoms with E-state index in [4.69, 9.17) is 9.84 Å². The van der Waals surface area contributed by atoms with E-state index in [2.05, 4.69) is 20.9 Å². The normalized spacial score (nSPS) is 13.3. The lowest BCUT2D eigenvalue weighted by Gasteiger charge is -2.27. The summed E-state index contributed by atoms with van der Waals surface area (Å²) in [7, 11) is 4.25. The zero-order valence-electron chi connectivity index (χ0n) is 25.0. The zero-order valence-corrected chi connectivity index (χ0v) is 26.6. The summed E-state index contributed by atoms with van der Waals surface area (Å²) < 4.78 is 4.75. The van der Waals surface area contributed by atoms with Gasteiger partial charge in [-0.25, -0.2) is 0 Å². The molecule has 0 bridgehead atoms. The van der Waals surface area contributed by atoms with Gasteiger partial charge in [0.2, 0.25) is 17.7 Å². The number of esters is 1. The number of para-hydroxylation sites is 1. The third kappa shape index (κ3) is 12.2. The standard InChI is InChI=1S/C28H39N5O8S2/c1-16(27(39)40)30-23(35)14-41-24(36)13-33(6)26(38)22(15-42-43-28(3,4)5)32-25(37)21(31-17(2)34)11-18-12-29-20-10-8-7-9-19(18)20/h7-10,12,16,21-22,29H,11,13-15H2,1-6H3,(H,30,35)(H,31,34)(H,32,37)(H,39,40)/t16-,21-,22-/m0/s1. The van der Waals surface area contributed by atoms with Crippen molar-refractivity contribution in [3.05, 3.63) is 36.0 Å². The molecule has 5 N–H and O–H groups in total. The van der Waals surface area contributed by atoms with Crippen LogP contribution in [0.2, 0.25) is 0 Å². The fraction of sp³-hybridized carbons (Fsp3) is 0.500. The number of H-pyrrole nitrogens is 1. The van der Waals surface area contributed by atoms with Crippen LogP contribution in [0, 0.1) is 0 Å². The van der Waals surface area contributed by atoms with Gasteiger partial charge in [0.15, 0.2) is 6.61 Å². The molecule has 0 saturated carbocycles. The number of benzene rings is 1. The third-order valence-electron chi connectivity index (χ3n) is 5.81. The van der Waals surface area contributed by atoms with Gasteiger partial charge in [-0.15, -0.1) is 0 Å². The predicted octanol–water partition coefficient (Wildman–Crippen LogP) is 1.47. The van der Waals surface area contributed by atoms with Crippen LogP contribution in [0.25, 0.3) is 10.9 Å². The van der Waals surface area contributed by atoms with Gasteiger partial charge in [0.05, 0.1) is 0 Å². The topological polar surface area (TPSA) is 187 Å². The lowest BCUT2D eigenvalue weighted by Crippen LogP contribution is -2.55. The third-order valence-corrected chi connectivity index (χ3v) is 9.15. The van der Waals surface area contributed by atoms with Crippen molar-refractivity contribution in [3.63, 3.8) is 0 Å². The molecule has 0 radical (unpaired) electrons. The fourth-order valence-corrected chi connectivity index (χ4v) is 6.23. The van der Waals surface area contributed by atoms with Crippen molar-refractivity contribution in [1.82, 2.24) is 25.8 Å². The van der Waals surface area contributed by atoms with E-state index in [1.54, 1.807) is 6.20 Å². The van der Waals surface area contributed by atoms with E-state index < -0.39 is 66.8 Å². The summed E-state index contributed by atoms with van der Waals surface area (Å²) >= 11 is 0. The Morgan fingerprint density at radius 1 is 1.05 bits per heavy atom. The maximum Gasteiger partial charge on any atom is 0.326 e. The van der Waals surface area contributed by atoms with Crippen LogP contribution in [0.5, 0.6) is 0 Å². The smallest absolute Gasteiger partial charge is 0.326 e. The first-order valence-electron chi connectivity index (χ1n) is 13.4. The number of nitrogens with zero attached hydrogens (tertiary/aromatic N) is 1. The Bertz CT molecular complexity index is 1330. The minimum Gasteiger partial charge on any atom is -0.480 e. The molecule has 0 spiro atoms. The number of aromatic amines is 1. The van der Waals surface area contributed by atoms with Crippen molar-refractivity contribution in [3.8, 4) is 0 Å². The highest BCUT2D eigenvalue weighted by atomic mass is 33.1. The van der Waals surface area contributed by atoms with Gasteiger partial charge in [0, 0.05) is 48.0 Å². The molecule has 1 aromatic carbocycles. The summed E-state index contributed by atoms with van der Waals surface area (Å²) in [6, 6.07) is 4.36. The number of carbonyl (C=O) groups is 6. The van der Waals surface area contributed by atoms with Gasteiger partial charge in [-0.05, 0) is 18.6 Å². The van der Waals surface area contributed by atoms with E-state index in [1.807, 2.05) is 45.0 Å². The molecule has 43 heavy (non-hydrogen) atoms. The van der Waals surface area contributed by atoms with Gasteiger partial charge < -0.3 is 35.7 Å². The monoisotopic (exact) mass is 637 g/mol. The maximum atomic E-state index is 13.5. The number of aromatic nitrogens is 1. The summed E-state index contributed by atoms with van der Waals surface area (Å²) in [5, 5.41) is 17.3. The van der Waals surface area contributed by atoms with E-state index in [9.17, 15) is 28.8 Å². The molecule has 3 atom stereocenters. The Morgan fingerprint density at radius 2 is 1.72 bits per heavy atom. The largest absolute Gasteiger partial charge is 0.480 e. The van der Waals surface area contributed by atoms with Crippen LogP contribution >= 0.6 is 21.6 Å². The highest BCUT2D eigenvalue weighted by Gasteiger charge is 2.30. The Labute approximate surface area is 258 Å². The molecular formula is C28H39N5O8S2. The molecule has 0 fully saturated rings.